The Morgan fingerprint density at radius 1 is 1.57 bits per heavy atom. The van der Waals surface area contributed by atoms with Crippen molar-refractivity contribution in [2.24, 2.45) is 0 Å². The van der Waals surface area contributed by atoms with Gasteiger partial charge in [0.1, 0.15) is 5.82 Å². The minimum absolute atomic E-state index is 0.0186. The van der Waals surface area contributed by atoms with E-state index in [0.29, 0.717) is 13.0 Å². The van der Waals surface area contributed by atoms with E-state index in [4.69, 9.17) is 0 Å². The number of pyridine rings is 1. The van der Waals surface area contributed by atoms with Gasteiger partial charge in [0.15, 0.2) is 0 Å². The molecule has 21 heavy (non-hydrogen) atoms. The third-order valence-electron chi connectivity index (χ3n) is 3.60. The van der Waals surface area contributed by atoms with Crippen LogP contribution in [0.15, 0.2) is 30.7 Å². The number of fused-ring (bicyclic) bond motifs is 1. The van der Waals surface area contributed by atoms with Crippen molar-refractivity contribution in [2.75, 3.05) is 6.54 Å². The minimum Gasteiger partial charge on any atom is -0.352 e. The smallest absolute Gasteiger partial charge is 0.226 e. The van der Waals surface area contributed by atoms with Crippen molar-refractivity contribution >= 4 is 5.91 Å². The summed E-state index contributed by atoms with van der Waals surface area (Å²) in [6, 6.07) is 4.04. The molecule has 1 aliphatic heterocycles. The van der Waals surface area contributed by atoms with Crippen LogP contribution in [0.2, 0.25) is 0 Å². The van der Waals surface area contributed by atoms with Crippen molar-refractivity contribution in [1.82, 2.24) is 25.2 Å². The van der Waals surface area contributed by atoms with Crippen LogP contribution < -0.4 is 10.6 Å². The van der Waals surface area contributed by atoms with E-state index in [2.05, 4.69) is 32.1 Å². The zero-order valence-electron chi connectivity index (χ0n) is 12.0. The van der Waals surface area contributed by atoms with E-state index in [1.54, 1.807) is 12.4 Å². The van der Waals surface area contributed by atoms with Gasteiger partial charge in [0, 0.05) is 38.2 Å². The van der Waals surface area contributed by atoms with Gasteiger partial charge in [-0.2, -0.15) is 0 Å². The zero-order chi connectivity index (χ0) is 14.7. The van der Waals surface area contributed by atoms with Crippen LogP contribution >= 0.6 is 0 Å². The second-order valence-electron chi connectivity index (χ2n) is 5.27. The fourth-order valence-corrected chi connectivity index (χ4v) is 2.52. The van der Waals surface area contributed by atoms with Gasteiger partial charge in [-0.25, -0.2) is 4.98 Å². The number of hydrogen-bond donors (Lipinski definition) is 2. The molecule has 6 heteroatoms. The van der Waals surface area contributed by atoms with Gasteiger partial charge in [-0.3, -0.25) is 9.78 Å². The molecule has 1 atom stereocenters. The van der Waals surface area contributed by atoms with E-state index in [1.807, 2.05) is 18.3 Å². The first-order valence-corrected chi connectivity index (χ1v) is 7.17. The van der Waals surface area contributed by atoms with Crippen LogP contribution in [0.4, 0.5) is 0 Å². The highest BCUT2D eigenvalue weighted by Crippen LogP contribution is 2.16. The van der Waals surface area contributed by atoms with E-state index in [-0.39, 0.29) is 11.9 Å². The molecule has 1 amide bonds. The summed E-state index contributed by atoms with van der Waals surface area (Å²) in [7, 11) is 0. The fourth-order valence-electron chi connectivity index (χ4n) is 2.52. The fraction of sp³-hybridized carbons (Fsp3) is 0.400. The maximum atomic E-state index is 12.0. The van der Waals surface area contributed by atoms with E-state index < -0.39 is 0 Å². The number of amides is 1. The standard InChI is InChI=1S/C15H19N5O/c1-11-15-19-13(10-20(15)6-5-17-11)7-14(21)18-9-12-3-2-4-16-8-12/h2-4,8,10-11,17H,5-7,9H2,1H3,(H,18,21). The predicted molar refractivity (Wildman–Crippen MR) is 78.4 cm³/mol. The van der Waals surface area contributed by atoms with Crippen LogP contribution in [0.5, 0.6) is 0 Å². The molecule has 2 aromatic rings. The van der Waals surface area contributed by atoms with Gasteiger partial charge in [-0.15, -0.1) is 0 Å². The Morgan fingerprint density at radius 3 is 3.24 bits per heavy atom. The highest BCUT2D eigenvalue weighted by atomic mass is 16.1. The Hall–Kier alpha value is -2.21. The topological polar surface area (TPSA) is 71.8 Å². The number of carbonyl (C=O) groups excluding carboxylic acids is 1. The molecular formula is C15H19N5O. The molecule has 1 aliphatic rings. The van der Waals surface area contributed by atoms with Crippen LogP contribution in [-0.4, -0.2) is 27.0 Å². The summed E-state index contributed by atoms with van der Waals surface area (Å²) < 4.78 is 2.13. The first-order chi connectivity index (χ1) is 10.2. The molecular weight excluding hydrogens is 266 g/mol. The van der Waals surface area contributed by atoms with Crippen LogP contribution in [0.25, 0.3) is 0 Å². The van der Waals surface area contributed by atoms with Gasteiger partial charge in [-0.05, 0) is 18.6 Å². The molecule has 0 saturated heterocycles. The average Bonchev–Trinajstić information content (AvgIpc) is 2.90. The van der Waals surface area contributed by atoms with E-state index in [0.717, 1.165) is 30.2 Å². The quantitative estimate of drug-likeness (QED) is 0.871. The predicted octanol–water partition coefficient (Wildman–Crippen LogP) is 0.801. The Labute approximate surface area is 123 Å². The van der Waals surface area contributed by atoms with E-state index in [9.17, 15) is 4.79 Å². The summed E-state index contributed by atoms with van der Waals surface area (Å²) in [5.41, 5.74) is 1.82. The second kappa shape index (κ2) is 6.05. The van der Waals surface area contributed by atoms with E-state index in [1.165, 1.54) is 0 Å². The van der Waals surface area contributed by atoms with E-state index >= 15 is 0 Å². The monoisotopic (exact) mass is 285 g/mol. The summed E-state index contributed by atoms with van der Waals surface area (Å²) in [6.45, 7) is 4.43. The van der Waals surface area contributed by atoms with Crippen LogP contribution in [0.1, 0.15) is 30.0 Å². The summed E-state index contributed by atoms with van der Waals surface area (Å²) in [5, 5.41) is 6.26. The summed E-state index contributed by atoms with van der Waals surface area (Å²) in [6.07, 6.45) is 5.77. The van der Waals surface area contributed by atoms with Crippen molar-refractivity contribution in [3.8, 4) is 0 Å². The molecule has 0 saturated carbocycles. The second-order valence-corrected chi connectivity index (χ2v) is 5.27. The Kier molecular flexibility index (Phi) is 3.96. The molecule has 0 bridgehead atoms. The summed E-state index contributed by atoms with van der Waals surface area (Å²) >= 11 is 0. The first kappa shape index (κ1) is 13.8. The number of carbonyl (C=O) groups is 1. The van der Waals surface area contributed by atoms with Gasteiger partial charge >= 0.3 is 0 Å². The number of nitrogens with one attached hydrogen (secondary N) is 2. The van der Waals surface area contributed by atoms with Gasteiger partial charge in [0.05, 0.1) is 18.2 Å². The molecule has 2 aromatic heterocycles. The largest absolute Gasteiger partial charge is 0.352 e. The van der Waals surface area contributed by atoms with Crippen LogP contribution in [0.3, 0.4) is 0 Å². The van der Waals surface area contributed by atoms with Crippen molar-refractivity contribution in [3.05, 3.63) is 47.8 Å². The molecule has 3 rings (SSSR count). The molecule has 2 N–H and O–H groups in total. The molecule has 110 valence electrons. The third kappa shape index (κ3) is 3.28. The highest BCUT2D eigenvalue weighted by molar-refractivity contribution is 5.78. The molecule has 0 fully saturated rings. The summed E-state index contributed by atoms with van der Waals surface area (Å²) in [4.78, 5) is 20.6. The SMILES string of the molecule is CC1NCCn2cc(CC(=O)NCc3cccnc3)nc21. The maximum Gasteiger partial charge on any atom is 0.226 e. The Balaban J connectivity index is 1.58. The third-order valence-corrected chi connectivity index (χ3v) is 3.60. The number of imidazole rings is 1. The van der Waals surface area contributed by atoms with Crippen molar-refractivity contribution in [2.45, 2.75) is 32.5 Å². The molecule has 6 nitrogen and oxygen atoms in total. The zero-order valence-corrected chi connectivity index (χ0v) is 12.0. The number of nitrogens with zero attached hydrogens (tertiary/aromatic N) is 3. The lowest BCUT2D eigenvalue weighted by Crippen LogP contribution is -2.31. The van der Waals surface area contributed by atoms with Gasteiger partial charge in [0.25, 0.3) is 0 Å². The van der Waals surface area contributed by atoms with Crippen molar-refractivity contribution in [3.63, 3.8) is 0 Å². The minimum atomic E-state index is -0.0186. The molecule has 0 aliphatic carbocycles. The Morgan fingerprint density at radius 2 is 2.48 bits per heavy atom. The number of aromatic nitrogens is 3. The lowest BCUT2D eigenvalue weighted by molar-refractivity contribution is -0.120. The molecule has 0 spiro atoms. The van der Waals surface area contributed by atoms with Crippen LogP contribution in [-0.2, 0) is 24.3 Å². The number of hydrogen-bond acceptors (Lipinski definition) is 4. The van der Waals surface area contributed by atoms with Gasteiger partial charge in [-0.1, -0.05) is 6.07 Å². The lowest BCUT2D eigenvalue weighted by atomic mass is 10.2. The van der Waals surface area contributed by atoms with Crippen molar-refractivity contribution < 1.29 is 4.79 Å². The van der Waals surface area contributed by atoms with Crippen LogP contribution in [0, 0.1) is 0 Å². The summed E-state index contributed by atoms with van der Waals surface area (Å²) in [5.74, 6) is 0.992. The highest BCUT2D eigenvalue weighted by Gasteiger charge is 2.19. The molecule has 1 unspecified atom stereocenters. The average molecular weight is 285 g/mol. The molecule has 3 heterocycles. The number of rotatable bonds is 4. The molecule has 0 radical (unpaired) electrons. The Bertz CT molecular complexity index is 622. The van der Waals surface area contributed by atoms with Gasteiger partial charge < -0.3 is 15.2 Å². The normalized spacial score (nSPS) is 17.3. The van der Waals surface area contributed by atoms with Gasteiger partial charge in [0.2, 0.25) is 5.91 Å². The van der Waals surface area contributed by atoms with Crippen molar-refractivity contribution in [1.29, 1.82) is 0 Å². The first-order valence-electron chi connectivity index (χ1n) is 7.17. The lowest BCUT2D eigenvalue weighted by Gasteiger charge is -2.21. The maximum absolute atomic E-state index is 12.0. The molecule has 0 aromatic carbocycles.